The van der Waals surface area contributed by atoms with Gasteiger partial charge in [-0.25, -0.2) is 4.79 Å². The fourth-order valence-electron chi connectivity index (χ4n) is 0.983. The standard InChI is InChI=1S/C9H6N4O4/c1-6(11-12-10)17-9(14)7-3-2-4-8(5-7)13(15)16/h2-5H,1H2. The number of benzene rings is 1. The van der Waals surface area contributed by atoms with E-state index in [-0.39, 0.29) is 11.3 Å². The largest absolute Gasteiger partial charge is 0.421 e. The van der Waals surface area contributed by atoms with Gasteiger partial charge in [0.2, 0.25) is 0 Å². The number of nitro benzene ring substituents is 1. The van der Waals surface area contributed by atoms with Crippen molar-refractivity contribution >= 4 is 11.7 Å². The molecule has 86 valence electrons. The number of ether oxygens (including phenoxy) is 1. The van der Waals surface area contributed by atoms with Crippen LogP contribution in [0.15, 0.2) is 41.8 Å². The van der Waals surface area contributed by atoms with Crippen molar-refractivity contribution in [2.75, 3.05) is 0 Å². The van der Waals surface area contributed by atoms with Crippen molar-refractivity contribution < 1.29 is 14.5 Å². The van der Waals surface area contributed by atoms with E-state index in [9.17, 15) is 14.9 Å². The molecule has 0 spiro atoms. The van der Waals surface area contributed by atoms with Crippen molar-refractivity contribution in [1.82, 2.24) is 0 Å². The number of carbonyl (C=O) groups is 1. The summed E-state index contributed by atoms with van der Waals surface area (Å²) in [5.41, 5.74) is 7.78. The maximum absolute atomic E-state index is 11.4. The van der Waals surface area contributed by atoms with Crippen molar-refractivity contribution in [2.24, 2.45) is 5.11 Å². The second kappa shape index (κ2) is 5.29. The number of azide groups is 1. The topological polar surface area (TPSA) is 118 Å². The van der Waals surface area contributed by atoms with Crippen molar-refractivity contribution in [3.05, 3.63) is 62.8 Å². The van der Waals surface area contributed by atoms with Crippen LogP contribution in [0.25, 0.3) is 10.4 Å². The van der Waals surface area contributed by atoms with E-state index in [1.54, 1.807) is 0 Å². The van der Waals surface area contributed by atoms with Gasteiger partial charge in [0.1, 0.15) is 0 Å². The normalized spacial score (nSPS) is 8.94. The predicted octanol–water partition coefficient (Wildman–Crippen LogP) is 2.53. The average Bonchev–Trinajstić information content (AvgIpc) is 2.29. The van der Waals surface area contributed by atoms with Gasteiger partial charge in [-0.05, 0) is 16.7 Å². The molecule has 0 unspecified atom stereocenters. The molecular formula is C9H6N4O4. The molecule has 0 bridgehead atoms. The molecule has 1 rings (SSSR count). The molecule has 8 heteroatoms. The Labute approximate surface area is 94.9 Å². The van der Waals surface area contributed by atoms with Gasteiger partial charge in [0.15, 0.2) is 5.88 Å². The lowest BCUT2D eigenvalue weighted by Crippen LogP contribution is -2.03. The van der Waals surface area contributed by atoms with Crippen LogP contribution in [0.4, 0.5) is 5.69 Å². The maximum atomic E-state index is 11.4. The number of hydrogen-bond acceptors (Lipinski definition) is 5. The zero-order valence-corrected chi connectivity index (χ0v) is 8.44. The van der Waals surface area contributed by atoms with E-state index in [1.807, 2.05) is 0 Å². The van der Waals surface area contributed by atoms with Gasteiger partial charge in [0.05, 0.1) is 10.5 Å². The van der Waals surface area contributed by atoms with Gasteiger partial charge in [0.25, 0.3) is 5.69 Å². The summed E-state index contributed by atoms with van der Waals surface area (Å²) in [6.45, 7) is 3.17. The van der Waals surface area contributed by atoms with Gasteiger partial charge in [-0.15, -0.1) is 0 Å². The minimum atomic E-state index is -0.883. The van der Waals surface area contributed by atoms with Crippen molar-refractivity contribution in [1.29, 1.82) is 0 Å². The molecular weight excluding hydrogens is 228 g/mol. The number of esters is 1. The quantitative estimate of drug-likeness (QED) is 0.151. The molecule has 0 fully saturated rings. The fourth-order valence-corrected chi connectivity index (χ4v) is 0.983. The molecule has 0 heterocycles. The minimum absolute atomic E-state index is 0.0338. The first-order valence-electron chi connectivity index (χ1n) is 4.25. The second-order valence-corrected chi connectivity index (χ2v) is 2.78. The zero-order valence-electron chi connectivity index (χ0n) is 8.44. The van der Waals surface area contributed by atoms with Crippen LogP contribution >= 0.6 is 0 Å². The van der Waals surface area contributed by atoms with Crippen LogP contribution < -0.4 is 0 Å². The van der Waals surface area contributed by atoms with Gasteiger partial charge in [-0.3, -0.25) is 10.1 Å². The number of nitrogens with zero attached hydrogens (tertiary/aromatic N) is 4. The molecule has 0 atom stereocenters. The number of nitro groups is 1. The fraction of sp³-hybridized carbons (Fsp3) is 0. The van der Waals surface area contributed by atoms with Crippen molar-refractivity contribution in [2.45, 2.75) is 0 Å². The molecule has 0 aliphatic rings. The Kier molecular flexibility index (Phi) is 3.80. The van der Waals surface area contributed by atoms with E-state index in [0.717, 1.165) is 6.07 Å². The molecule has 8 nitrogen and oxygen atoms in total. The Hall–Kier alpha value is -2.86. The Balaban J connectivity index is 2.89. The highest BCUT2D eigenvalue weighted by atomic mass is 16.6. The SMILES string of the molecule is C=C(N=[N+]=[N-])OC(=O)c1cccc([N+](=O)[O-])c1. The van der Waals surface area contributed by atoms with Crippen molar-refractivity contribution in [3.8, 4) is 0 Å². The molecule has 1 aromatic carbocycles. The van der Waals surface area contributed by atoms with Crippen molar-refractivity contribution in [3.63, 3.8) is 0 Å². The Morgan fingerprint density at radius 2 is 2.29 bits per heavy atom. The van der Waals surface area contributed by atoms with Gasteiger partial charge >= 0.3 is 5.97 Å². The monoisotopic (exact) mass is 234 g/mol. The first-order chi connectivity index (χ1) is 8.04. The summed E-state index contributed by atoms with van der Waals surface area (Å²) in [4.78, 5) is 23.6. The summed E-state index contributed by atoms with van der Waals surface area (Å²) in [5, 5.41) is 13.4. The highest BCUT2D eigenvalue weighted by molar-refractivity contribution is 5.90. The third kappa shape index (κ3) is 3.33. The number of hydrogen-bond donors (Lipinski definition) is 0. The maximum Gasteiger partial charge on any atom is 0.343 e. The first-order valence-corrected chi connectivity index (χ1v) is 4.25. The van der Waals surface area contributed by atoms with E-state index >= 15 is 0 Å². The smallest absolute Gasteiger partial charge is 0.343 e. The van der Waals surface area contributed by atoms with E-state index in [2.05, 4.69) is 21.3 Å². The molecule has 0 aromatic heterocycles. The molecule has 0 amide bonds. The number of carbonyl (C=O) groups excluding carboxylic acids is 1. The van der Waals surface area contributed by atoms with Crippen LogP contribution in [0.5, 0.6) is 0 Å². The van der Waals surface area contributed by atoms with Crippen LogP contribution in [0.1, 0.15) is 10.4 Å². The summed E-state index contributed by atoms with van der Waals surface area (Å²) in [5.74, 6) is -1.31. The lowest BCUT2D eigenvalue weighted by Gasteiger charge is -2.01. The predicted molar refractivity (Wildman–Crippen MR) is 56.8 cm³/mol. The van der Waals surface area contributed by atoms with Crippen LogP contribution in [0.3, 0.4) is 0 Å². The molecule has 0 aliphatic heterocycles. The second-order valence-electron chi connectivity index (χ2n) is 2.78. The van der Waals surface area contributed by atoms with Gasteiger partial charge in [-0.1, -0.05) is 12.6 Å². The summed E-state index contributed by atoms with van der Waals surface area (Å²) in [7, 11) is 0. The summed E-state index contributed by atoms with van der Waals surface area (Å²) >= 11 is 0. The van der Waals surface area contributed by atoms with Gasteiger partial charge < -0.3 is 4.74 Å². The lowest BCUT2D eigenvalue weighted by molar-refractivity contribution is -0.384. The van der Waals surface area contributed by atoms with Crippen LogP contribution in [0, 0.1) is 10.1 Å². The molecule has 0 saturated carbocycles. The molecule has 0 aliphatic carbocycles. The van der Waals surface area contributed by atoms with E-state index < -0.39 is 16.8 Å². The summed E-state index contributed by atoms with van der Waals surface area (Å²) in [6, 6.07) is 4.95. The van der Waals surface area contributed by atoms with Gasteiger partial charge in [0, 0.05) is 17.0 Å². The van der Waals surface area contributed by atoms with Crippen LogP contribution in [-0.4, -0.2) is 10.9 Å². The number of rotatable bonds is 4. The Bertz CT molecular complexity index is 534. The highest BCUT2D eigenvalue weighted by Crippen LogP contribution is 2.14. The minimum Gasteiger partial charge on any atom is -0.421 e. The molecule has 1 aromatic rings. The molecule has 0 N–H and O–H groups in total. The van der Waals surface area contributed by atoms with E-state index in [4.69, 9.17) is 5.53 Å². The molecule has 17 heavy (non-hydrogen) atoms. The van der Waals surface area contributed by atoms with Crippen LogP contribution in [-0.2, 0) is 4.74 Å². The Morgan fingerprint density at radius 1 is 1.59 bits per heavy atom. The average molecular weight is 234 g/mol. The first kappa shape index (κ1) is 12.2. The highest BCUT2D eigenvalue weighted by Gasteiger charge is 2.13. The Morgan fingerprint density at radius 3 is 2.88 bits per heavy atom. The third-order valence-corrected chi connectivity index (χ3v) is 1.66. The van der Waals surface area contributed by atoms with E-state index in [0.29, 0.717) is 0 Å². The number of non-ortho nitro benzene ring substituents is 1. The molecule has 0 saturated heterocycles. The van der Waals surface area contributed by atoms with Gasteiger partial charge in [-0.2, -0.15) is 0 Å². The van der Waals surface area contributed by atoms with E-state index in [1.165, 1.54) is 18.2 Å². The summed E-state index contributed by atoms with van der Waals surface area (Å²) < 4.78 is 4.54. The molecule has 0 radical (unpaired) electrons. The zero-order chi connectivity index (χ0) is 12.8. The summed E-state index contributed by atoms with van der Waals surface area (Å²) in [6.07, 6.45) is 0. The third-order valence-electron chi connectivity index (χ3n) is 1.66. The van der Waals surface area contributed by atoms with Crippen LogP contribution in [0.2, 0.25) is 0 Å². The lowest BCUT2D eigenvalue weighted by atomic mass is 10.2.